The zero-order chi connectivity index (χ0) is 11.7. The van der Waals surface area contributed by atoms with Gasteiger partial charge in [-0.25, -0.2) is 0 Å². The number of hydrogen-bond donors (Lipinski definition) is 2. The first-order valence-corrected chi connectivity index (χ1v) is 4.90. The molecule has 1 aliphatic heterocycles. The van der Waals surface area contributed by atoms with E-state index in [1.807, 2.05) is 0 Å². The number of benzene rings is 1. The molecule has 1 atom stereocenters. The average molecular weight is 224 g/mol. The van der Waals surface area contributed by atoms with Crippen molar-refractivity contribution < 1.29 is 24.5 Å². The maximum atomic E-state index is 10.9. The Kier molecular flexibility index (Phi) is 2.70. The van der Waals surface area contributed by atoms with Crippen LogP contribution in [0.5, 0.6) is 11.5 Å². The summed E-state index contributed by atoms with van der Waals surface area (Å²) in [6.07, 6.45) is 0. The number of fused-ring (bicyclic) bond motifs is 1. The van der Waals surface area contributed by atoms with E-state index in [1.165, 1.54) is 0 Å². The summed E-state index contributed by atoms with van der Waals surface area (Å²) in [5, 5.41) is 18.2. The Morgan fingerprint density at radius 3 is 2.88 bits per heavy atom. The van der Waals surface area contributed by atoms with Crippen molar-refractivity contribution in [1.29, 1.82) is 0 Å². The third-order valence-corrected chi connectivity index (χ3v) is 2.67. The smallest absolute Gasteiger partial charge is 0.310 e. The van der Waals surface area contributed by atoms with Crippen LogP contribution in [0.1, 0.15) is 24.0 Å². The molecular weight excluding hydrogens is 212 g/mol. The molecule has 0 fully saturated rings. The highest BCUT2D eigenvalue weighted by molar-refractivity contribution is 5.77. The molecule has 0 spiro atoms. The molecule has 16 heavy (non-hydrogen) atoms. The first-order valence-electron chi connectivity index (χ1n) is 4.90. The van der Waals surface area contributed by atoms with Crippen LogP contribution in [0, 0.1) is 0 Å². The normalized spacial score (nSPS) is 14.9. The van der Waals surface area contributed by atoms with Gasteiger partial charge in [-0.2, -0.15) is 0 Å². The Morgan fingerprint density at radius 1 is 1.50 bits per heavy atom. The highest BCUT2D eigenvalue weighted by atomic mass is 16.7. The topological polar surface area (TPSA) is 76.0 Å². The molecule has 0 radical (unpaired) electrons. The molecular formula is C11H12O5. The van der Waals surface area contributed by atoms with Crippen molar-refractivity contribution in [3.8, 4) is 11.5 Å². The second-order valence-corrected chi connectivity index (χ2v) is 3.59. The molecule has 5 heteroatoms. The van der Waals surface area contributed by atoms with Gasteiger partial charge in [0.05, 0.1) is 12.5 Å². The summed E-state index contributed by atoms with van der Waals surface area (Å²) < 4.78 is 10.4. The molecule has 1 heterocycles. The van der Waals surface area contributed by atoms with E-state index in [-0.39, 0.29) is 13.4 Å². The summed E-state index contributed by atoms with van der Waals surface area (Å²) in [6.45, 7) is 1.41. The highest BCUT2D eigenvalue weighted by Crippen LogP contribution is 2.39. The summed E-state index contributed by atoms with van der Waals surface area (Å²) in [6, 6.07) is 3.31. The summed E-state index contributed by atoms with van der Waals surface area (Å²) in [4.78, 5) is 10.9. The van der Waals surface area contributed by atoms with Crippen molar-refractivity contribution in [3.05, 3.63) is 23.3 Å². The van der Waals surface area contributed by atoms with Crippen LogP contribution in [0.4, 0.5) is 0 Å². The number of aliphatic hydroxyl groups is 1. The van der Waals surface area contributed by atoms with Gasteiger partial charge >= 0.3 is 5.97 Å². The van der Waals surface area contributed by atoms with Crippen molar-refractivity contribution in [3.63, 3.8) is 0 Å². The third kappa shape index (κ3) is 1.59. The number of carbonyl (C=O) groups is 1. The number of carboxylic acids is 1. The van der Waals surface area contributed by atoms with Gasteiger partial charge in [0.25, 0.3) is 0 Å². The standard InChI is InChI=1S/C11H12O5/c1-6(11(13)14)7-2-3-9-10(8(7)4-12)16-5-15-9/h2-3,6,12H,4-5H2,1H3,(H,13,14)/t6-/m1/s1. The summed E-state index contributed by atoms with van der Waals surface area (Å²) >= 11 is 0. The van der Waals surface area contributed by atoms with Crippen molar-refractivity contribution in [2.45, 2.75) is 19.4 Å². The van der Waals surface area contributed by atoms with Crippen molar-refractivity contribution >= 4 is 5.97 Å². The fourth-order valence-electron chi connectivity index (χ4n) is 1.75. The number of rotatable bonds is 3. The van der Waals surface area contributed by atoms with E-state index >= 15 is 0 Å². The molecule has 0 aromatic heterocycles. The lowest BCUT2D eigenvalue weighted by atomic mass is 9.95. The molecule has 1 aliphatic rings. The Hall–Kier alpha value is -1.75. The van der Waals surface area contributed by atoms with Crippen LogP contribution in [0.15, 0.2) is 12.1 Å². The minimum Gasteiger partial charge on any atom is -0.481 e. The number of ether oxygens (including phenoxy) is 2. The van der Waals surface area contributed by atoms with Crippen LogP contribution < -0.4 is 9.47 Å². The summed E-state index contributed by atoms with van der Waals surface area (Å²) in [5.41, 5.74) is 1.05. The molecule has 0 saturated carbocycles. The second kappa shape index (κ2) is 4.02. The Labute approximate surface area is 92.2 Å². The number of aliphatic carboxylic acids is 1. The van der Waals surface area contributed by atoms with Crippen LogP contribution in [0.2, 0.25) is 0 Å². The Balaban J connectivity index is 2.50. The second-order valence-electron chi connectivity index (χ2n) is 3.59. The molecule has 1 aromatic rings. The van der Waals surface area contributed by atoms with Gasteiger partial charge < -0.3 is 19.7 Å². The number of carboxylic acid groups (broad SMARTS) is 1. The molecule has 0 saturated heterocycles. The van der Waals surface area contributed by atoms with Gasteiger partial charge in [-0.05, 0) is 18.6 Å². The fraction of sp³-hybridized carbons (Fsp3) is 0.364. The van der Waals surface area contributed by atoms with Crippen LogP contribution in [-0.2, 0) is 11.4 Å². The molecule has 2 rings (SSSR count). The van der Waals surface area contributed by atoms with Crippen molar-refractivity contribution in [2.75, 3.05) is 6.79 Å². The summed E-state index contributed by atoms with van der Waals surface area (Å²) in [5.74, 6) is -0.622. The van der Waals surface area contributed by atoms with E-state index in [2.05, 4.69) is 0 Å². The van der Waals surface area contributed by atoms with Gasteiger partial charge in [0.1, 0.15) is 0 Å². The quantitative estimate of drug-likeness (QED) is 0.803. The predicted molar refractivity (Wildman–Crippen MR) is 54.5 cm³/mol. The summed E-state index contributed by atoms with van der Waals surface area (Å²) in [7, 11) is 0. The van der Waals surface area contributed by atoms with Gasteiger partial charge in [0, 0.05) is 5.56 Å². The van der Waals surface area contributed by atoms with Gasteiger partial charge in [0.15, 0.2) is 11.5 Å². The minimum atomic E-state index is -0.937. The van der Waals surface area contributed by atoms with Crippen molar-refractivity contribution in [2.24, 2.45) is 0 Å². The zero-order valence-corrected chi connectivity index (χ0v) is 8.77. The molecule has 5 nitrogen and oxygen atoms in total. The van der Waals surface area contributed by atoms with Gasteiger partial charge in [-0.3, -0.25) is 4.79 Å². The number of aliphatic hydroxyl groups excluding tert-OH is 1. The SMILES string of the molecule is C[C@@H](C(=O)O)c1ccc2c(c1CO)OCO2. The highest BCUT2D eigenvalue weighted by Gasteiger charge is 2.25. The van der Waals surface area contributed by atoms with E-state index < -0.39 is 11.9 Å². The van der Waals surface area contributed by atoms with Gasteiger partial charge in [-0.15, -0.1) is 0 Å². The Morgan fingerprint density at radius 2 is 2.25 bits per heavy atom. The van der Waals surface area contributed by atoms with Crippen LogP contribution in [0.25, 0.3) is 0 Å². The van der Waals surface area contributed by atoms with Crippen LogP contribution in [-0.4, -0.2) is 23.0 Å². The molecule has 0 aliphatic carbocycles. The van der Waals surface area contributed by atoms with E-state index in [9.17, 15) is 9.90 Å². The lowest BCUT2D eigenvalue weighted by molar-refractivity contribution is -0.138. The van der Waals surface area contributed by atoms with E-state index in [0.29, 0.717) is 22.6 Å². The van der Waals surface area contributed by atoms with Crippen LogP contribution >= 0.6 is 0 Å². The minimum absolute atomic E-state index is 0.104. The zero-order valence-electron chi connectivity index (χ0n) is 8.77. The maximum absolute atomic E-state index is 10.9. The van der Waals surface area contributed by atoms with Gasteiger partial charge in [-0.1, -0.05) is 6.07 Å². The molecule has 2 N–H and O–H groups in total. The molecule has 1 aromatic carbocycles. The van der Waals surface area contributed by atoms with Gasteiger partial charge in [0.2, 0.25) is 6.79 Å². The first-order chi connectivity index (χ1) is 7.65. The Bertz CT molecular complexity index is 427. The predicted octanol–water partition coefficient (Wildman–Crippen LogP) is 1.10. The van der Waals surface area contributed by atoms with E-state index in [4.69, 9.17) is 14.6 Å². The number of hydrogen-bond acceptors (Lipinski definition) is 4. The molecule has 86 valence electrons. The average Bonchev–Trinajstić information content (AvgIpc) is 2.74. The first kappa shape index (κ1) is 10.8. The lowest BCUT2D eigenvalue weighted by Gasteiger charge is -2.13. The molecule has 0 unspecified atom stereocenters. The van der Waals surface area contributed by atoms with Crippen LogP contribution in [0.3, 0.4) is 0 Å². The molecule has 0 bridgehead atoms. The van der Waals surface area contributed by atoms with E-state index in [0.717, 1.165) is 0 Å². The van der Waals surface area contributed by atoms with Crippen molar-refractivity contribution in [1.82, 2.24) is 0 Å². The lowest BCUT2D eigenvalue weighted by Crippen LogP contribution is -2.10. The third-order valence-electron chi connectivity index (χ3n) is 2.67. The molecule has 0 amide bonds. The maximum Gasteiger partial charge on any atom is 0.310 e. The fourth-order valence-corrected chi connectivity index (χ4v) is 1.75. The monoisotopic (exact) mass is 224 g/mol. The van der Waals surface area contributed by atoms with E-state index in [1.54, 1.807) is 19.1 Å². The largest absolute Gasteiger partial charge is 0.481 e.